The first-order valence-electron chi connectivity index (χ1n) is 10.5. The van der Waals surface area contributed by atoms with Crippen molar-refractivity contribution < 1.29 is 4.74 Å². The van der Waals surface area contributed by atoms with Gasteiger partial charge in [-0.3, -0.25) is 15.2 Å². The largest absolute Gasteiger partial charge is 0.379 e. The van der Waals surface area contributed by atoms with Gasteiger partial charge in [0.2, 0.25) is 11.9 Å². The molecule has 0 radical (unpaired) electrons. The van der Waals surface area contributed by atoms with Crippen molar-refractivity contribution in [3.8, 4) is 0 Å². The van der Waals surface area contributed by atoms with Gasteiger partial charge in [-0.1, -0.05) is 6.07 Å². The van der Waals surface area contributed by atoms with Crippen LogP contribution in [0.2, 0.25) is 0 Å². The molecule has 0 atom stereocenters. The maximum Gasteiger partial charge on any atom is 0.229 e. The van der Waals surface area contributed by atoms with E-state index in [-0.39, 0.29) is 0 Å². The lowest BCUT2D eigenvalue weighted by molar-refractivity contribution is 0.0394. The summed E-state index contributed by atoms with van der Waals surface area (Å²) in [6.45, 7) is 12.9. The molecule has 1 aliphatic rings. The van der Waals surface area contributed by atoms with Gasteiger partial charge >= 0.3 is 0 Å². The molecule has 0 bridgehead atoms. The van der Waals surface area contributed by atoms with Crippen molar-refractivity contribution in [3.63, 3.8) is 0 Å². The van der Waals surface area contributed by atoms with Crippen LogP contribution in [0.3, 0.4) is 0 Å². The highest BCUT2D eigenvalue weighted by molar-refractivity contribution is 7.80. The number of aromatic nitrogens is 2. The fourth-order valence-corrected chi connectivity index (χ4v) is 3.43. The molecule has 0 saturated carbocycles. The van der Waals surface area contributed by atoms with Gasteiger partial charge < -0.3 is 15.4 Å². The van der Waals surface area contributed by atoms with Crippen molar-refractivity contribution in [2.45, 2.75) is 27.7 Å². The number of thiocarbonyl (C=S) groups is 1. The van der Waals surface area contributed by atoms with Crippen molar-refractivity contribution in [2.24, 2.45) is 4.99 Å². The molecule has 0 unspecified atom stereocenters. The van der Waals surface area contributed by atoms with Gasteiger partial charge in [0.15, 0.2) is 5.11 Å². The Hall–Kier alpha value is -2.62. The number of nitrogens with zero attached hydrogens (tertiary/aromatic N) is 4. The molecule has 2 heterocycles. The van der Waals surface area contributed by atoms with Crippen LogP contribution in [0.4, 0.5) is 11.6 Å². The van der Waals surface area contributed by atoms with E-state index in [4.69, 9.17) is 21.9 Å². The lowest BCUT2D eigenvalue weighted by Crippen LogP contribution is -2.41. The van der Waals surface area contributed by atoms with Gasteiger partial charge in [-0.05, 0) is 69.2 Å². The molecule has 0 spiro atoms. The maximum absolute atomic E-state index is 5.52. The van der Waals surface area contributed by atoms with Crippen LogP contribution >= 0.6 is 12.2 Å². The maximum atomic E-state index is 5.52. The number of hydrogen-bond donors (Lipinski definition) is 3. The Morgan fingerprint density at radius 2 is 1.74 bits per heavy atom. The molecule has 1 saturated heterocycles. The second-order valence-corrected chi connectivity index (χ2v) is 8.07. The highest BCUT2D eigenvalue weighted by Crippen LogP contribution is 2.14. The van der Waals surface area contributed by atoms with E-state index in [9.17, 15) is 0 Å². The van der Waals surface area contributed by atoms with E-state index in [1.54, 1.807) is 0 Å². The Labute approximate surface area is 189 Å². The van der Waals surface area contributed by atoms with Crippen LogP contribution in [0.5, 0.6) is 0 Å². The minimum Gasteiger partial charge on any atom is -0.379 e. The van der Waals surface area contributed by atoms with E-state index in [2.05, 4.69) is 56.8 Å². The summed E-state index contributed by atoms with van der Waals surface area (Å²) in [6, 6.07) is 8.07. The lowest BCUT2D eigenvalue weighted by Gasteiger charge is -2.25. The minimum absolute atomic E-state index is 0.449. The zero-order valence-electron chi connectivity index (χ0n) is 18.7. The second-order valence-electron chi connectivity index (χ2n) is 7.66. The Balaban J connectivity index is 1.67. The predicted molar refractivity (Wildman–Crippen MR) is 130 cm³/mol. The summed E-state index contributed by atoms with van der Waals surface area (Å²) < 4.78 is 5.41. The van der Waals surface area contributed by atoms with Crippen LogP contribution in [-0.2, 0) is 4.74 Å². The topological polar surface area (TPSA) is 86.7 Å². The molecule has 166 valence electrons. The number of nitrogens with one attached hydrogen (secondary N) is 3. The van der Waals surface area contributed by atoms with Gasteiger partial charge in [-0.15, -0.1) is 0 Å². The first-order chi connectivity index (χ1) is 14.9. The zero-order chi connectivity index (χ0) is 22.2. The molecule has 1 fully saturated rings. The average Bonchev–Trinajstić information content (AvgIpc) is 2.70. The molecule has 9 heteroatoms. The smallest absolute Gasteiger partial charge is 0.229 e. The van der Waals surface area contributed by atoms with Gasteiger partial charge in [-0.2, -0.15) is 0 Å². The molecule has 8 nitrogen and oxygen atoms in total. The Kier molecular flexibility index (Phi) is 8.27. The van der Waals surface area contributed by atoms with Crippen LogP contribution in [0.15, 0.2) is 29.3 Å². The molecule has 1 aromatic carbocycles. The molecule has 0 aliphatic carbocycles. The lowest BCUT2D eigenvalue weighted by atomic mass is 10.1. The summed E-state index contributed by atoms with van der Waals surface area (Å²) in [5.41, 5.74) is 5.14. The van der Waals surface area contributed by atoms with Crippen molar-refractivity contribution in [2.75, 3.05) is 50.0 Å². The van der Waals surface area contributed by atoms with Gasteiger partial charge in [-0.25, -0.2) is 9.97 Å². The number of aliphatic imine (C=N–C) groups is 1. The van der Waals surface area contributed by atoms with Crippen LogP contribution in [0.1, 0.15) is 22.5 Å². The van der Waals surface area contributed by atoms with E-state index in [1.165, 1.54) is 11.1 Å². The molecule has 3 rings (SSSR count). The fourth-order valence-electron chi connectivity index (χ4n) is 3.22. The monoisotopic (exact) mass is 441 g/mol. The first kappa shape index (κ1) is 23.1. The first-order valence-corrected chi connectivity index (χ1v) is 10.9. The average molecular weight is 442 g/mol. The number of rotatable bonds is 5. The minimum atomic E-state index is 0.449. The molecular weight excluding hydrogens is 410 g/mol. The van der Waals surface area contributed by atoms with E-state index in [1.807, 2.05) is 26.0 Å². The number of guanidine groups is 1. The number of morpholine rings is 1. The van der Waals surface area contributed by atoms with E-state index in [0.29, 0.717) is 23.6 Å². The van der Waals surface area contributed by atoms with Crippen LogP contribution in [0, 0.1) is 27.7 Å². The molecular formula is C22H31N7OS. The highest BCUT2D eigenvalue weighted by Gasteiger charge is 2.11. The van der Waals surface area contributed by atoms with E-state index in [0.717, 1.165) is 49.9 Å². The van der Waals surface area contributed by atoms with Crippen molar-refractivity contribution in [1.82, 2.24) is 20.2 Å². The highest BCUT2D eigenvalue weighted by atomic mass is 32.1. The zero-order valence-corrected chi connectivity index (χ0v) is 19.5. The van der Waals surface area contributed by atoms with Crippen LogP contribution in [-0.4, -0.2) is 65.3 Å². The van der Waals surface area contributed by atoms with Crippen molar-refractivity contribution >= 4 is 34.9 Å². The molecule has 1 aliphatic heterocycles. The number of benzene rings is 1. The summed E-state index contributed by atoms with van der Waals surface area (Å²) in [4.78, 5) is 15.9. The molecule has 0 amide bonds. The molecule has 1 aromatic heterocycles. The molecule has 2 aromatic rings. The third kappa shape index (κ3) is 7.54. The third-order valence-electron chi connectivity index (χ3n) is 5.00. The number of aryl methyl sites for hydroxylation is 4. The van der Waals surface area contributed by atoms with E-state index < -0.39 is 0 Å². The van der Waals surface area contributed by atoms with Crippen molar-refractivity contribution in [1.29, 1.82) is 0 Å². The number of ether oxygens (including phenoxy) is 1. The number of hydrogen-bond acceptors (Lipinski definition) is 6. The summed E-state index contributed by atoms with van der Waals surface area (Å²) in [5.74, 6) is 1.00. The van der Waals surface area contributed by atoms with E-state index >= 15 is 0 Å². The second kappa shape index (κ2) is 11.1. The van der Waals surface area contributed by atoms with Gasteiger partial charge in [0, 0.05) is 36.7 Å². The molecule has 31 heavy (non-hydrogen) atoms. The molecule has 3 N–H and O–H groups in total. The van der Waals surface area contributed by atoms with Gasteiger partial charge in [0.25, 0.3) is 0 Å². The number of anilines is 2. The van der Waals surface area contributed by atoms with Crippen LogP contribution in [0.25, 0.3) is 0 Å². The fraction of sp³-hybridized carbons (Fsp3) is 0.455. The van der Waals surface area contributed by atoms with Crippen molar-refractivity contribution in [3.05, 3.63) is 46.8 Å². The Morgan fingerprint density at radius 3 is 2.42 bits per heavy atom. The van der Waals surface area contributed by atoms with Gasteiger partial charge in [0.05, 0.1) is 19.8 Å². The quantitative estimate of drug-likeness (QED) is 0.371. The normalized spacial score (nSPS) is 14.9. The summed E-state index contributed by atoms with van der Waals surface area (Å²) in [6.07, 6.45) is 0. The summed E-state index contributed by atoms with van der Waals surface area (Å²) in [7, 11) is 0. The SMILES string of the molecule is Cc1cc(C)nc(NC(=NCCN2CCOCC2)NC(=S)Nc2ccc(C)c(C)c2)n1. The Bertz CT molecular complexity index is 921. The van der Waals surface area contributed by atoms with Crippen LogP contribution < -0.4 is 16.0 Å². The summed E-state index contributed by atoms with van der Waals surface area (Å²) in [5, 5.41) is 10.0. The van der Waals surface area contributed by atoms with Gasteiger partial charge in [0.1, 0.15) is 0 Å². The predicted octanol–water partition coefficient (Wildman–Crippen LogP) is 2.80. The third-order valence-corrected chi connectivity index (χ3v) is 5.20. The Morgan fingerprint density at radius 1 is 1.03 bits per heavy atom. The standard InChI is InChI=1S/C22H31N7OS/c1-15-5-6-19(13-16(15)2)26-22(31)28-20(23-7-8-29-9-11-30-12-10-29)27-21-24-17(3)14-18(4)25-21/h5-6,13-14H,7-12H2,1-4H3,(H3,23,24,25,26,27,28,31). The summed E-state index contributed by atoms with van der Waals surface area (Å²) >= 11 is 5.52.